The molecule has 8 heteroatoms. The third-order valence-corrected chi connectivity index (χ3v) is 6.07. The number of benzene rings is 2. The van der Waals surface area contributed by atoms with Gasteiger partial charge in [0.05, 0.1) is 11.9 Å². The van der Waals surface area contributed by atoms with E-state index < -0.39 is 0 Å². The lowest BCUT2D eigenvalue weighted by Crippen LogP contribution is -2.49. The van der Waals surface area contributed by atoms with Crippen molar-refractivity contribution in [3.8, 4) is 0 Å². The first-order valence-electron chi connectivity index (χ1n) is 11.3. The van der Waals surface area contributed by atoms with E-state index in [9.17, 15) is 9.59 Å². The monoisotopic (exact) mass is 477 g/mol. The Balaban J connectivity index is 1.27. The number of hydrogen-bond donors (Lipinski definition) is 2. The smallest absolute Gasteiger partial charge is 0.323 e. The summed E-state index contributed by atoms with van der Waals surface area (Å²) in [7, 11) is 0. The molecule has 1 saturated heterocycles. The van der Waals surface area contributed by atoms with Crippen molar-refractivity contribution >= 4 is 40.7 Å². The van der Waals surface area contributed by atoms with Gasteiger partial charge in [-0.05, 0) is 60.0 Å². The van der Waals surface area contributed by atoms with Gasteiger partial charge in [-0.15, -0.1) is 0 Å². The number of carbonyl (C=O) groups excluding carboxylic acids is 2. The van der Waals surface area contributed by atoms with Crippen molar-refractivity contribution in [2.45, 2.75) is 19.8 Å². The van der Waals surface area contributed by atoms with Crippen LogP contribution in [0.1, 0.15) is 35.7 Å². The maximum absolute atomic E-state index is 12.7. The molecule has 0 radical (unpaired) electrons. The summed E-state index contributed by atoms with van der Waals surface area (Å²) in [6.07, 6.45) is 1.64. The molecule has 0 saturated carbocycles. The van der Waals surface area contributed by atoms with Crippen LogP contribution in [0.25, 0.3) is 0 Å². The van der Waals surface area contributed by atoms with E-state index in [1.165, 1.54) is 5.56 Å². The lowest BCUT2D eigenvalue weighted by atomic mass is 10.0. The van der Waals surface area contributed by atoms with Crippen molar-refractivity contribution in [1.82, 2.24) is 9.88 Å². The molecule has 7 nitrogen and oxygen atoms in total. The van der Waals surface area contributed by atoms with Crippen molar-refractivity contribution in [2.75, 3.05) is 41.7 Å². The quantitative estimate of drug-likeness (QED) is 0.511. The topological polar surface area (TPSA) is 77.6 Å². The minimum Gasteiger partial charge on any atom is -0.353 e. The standard InChI is InChI=1S/C26H28ClN5O2/c1-18(2)19-5-9-22(10-6-19)29-26(34)30-23-11-12-24(28-17-23)31-13-15-32(16-14-31)25(33)20-3-7-21(27)8-4-20/h3-12,17-18H,13-16H2,1-2H3,(H2,29,30,34). The van der Waals surface area contributed by atoms with Crippen LogP contribution in [0.15, 0.2) is 66.9 Å². The molecule has 1 fully saturated rings. The van der Waals surface area contributed by atoms with Crippen LogP contribution in [0.2, 0.25) is 5.02 Å². The number of pyridine rings is 1. The van der Waals surface area contributed by atoms with E-state index in [1.807, 2.05) is 41.3 Å². The summed E-state index contributed by atoms with van der Waals surface area (Å²) < 4.78 is 0. The summed E-state index contributed by atoms with van der Waals surface area (Å²) in [5.74, 6) is 1.27. The summed E-state index contributed by atoms with van der Waals surface area (Å²) in [6.45, 7) is 6.86. The number of halogens is 1. The molecule has 34 heavy (non-hydrogen) atoms. The van der Waals surface area contributed by atoms with Gasteiger partial charge in [-0.3, -0.25) is 4.79 Å². The van der Waals surface area contributed by atoms with Gasteiger partial charge in [0.1, 0.15) is 5.82 Å². The fourth-order valence-electron chi connectivity index (χ4n) is 3.81. The van der Waals surface area contributed by atoms with Crippen LogP contribution in [-0.4, -0.2) is 48.0 Å². The molecular formula is C26H28ClN5O2. The number of urea groups is 1. The van der Waals surface area contributed by atoms with Gasteiger partial charge in [-0.2, -0.15) is 0 Å². The van der Waals surface area contributed by atoms with Crippen molar-refractivity contribution in [1.29, 1.82) is 0 Å². The molecule has 0 aliphatic carbocycles. The summed E-state index contributed by atoms with van der Waals surface area (Å²) in [5.41, 5.74) is 3.20. The Labute approximate surface area is 204 Å². The first-order valence-corrected chi connectivity index (χ1v) is 11.7. The fourth-order valence-corrected chi connectivity index (χ4v) is 3.93. The summed E-state index contributed by atoms with van der Waals surface area (Å²) in [6, 6.07) is 18.2. The highest BCUT2D eigenvalue weighted by atomic mass is 35.5. The molecule has 2 heterocycles. The van der Waals surface area contributed by atoms with Gasteiger partial charge < -0.3 is 20.4 Å². The molecule has 2 aromatic carbocycles. The Morgan fingerprint density at radius 1 is 0.853 bits per heavy atom. The predicted molar refractivity (Wildman–Crippen MR) is 137 cm³/mol. The molecule has 0 bridgehead atoms. The van der Waals surface area contributed by atoms with E-state index >= 15 is 0 Å². The van der Waals surface area contributed by atoms with E-state index in [1.54, 1.807) is 30.5 Å². The second-order valence-electron chi connectivity index (χ2n) is 8.55. The molecule has 1 aliphatic rings. The highest BCUT2D eigenvalue weighted by Gasteiger charge is 2.23. The minimum atomic E-state index is -0.318. The molecule has 3 amide bonds. The summed E-state index contributed by atoms with van der Waals surface area (Å²) in [4.78, 5) is 33.5. The second kappa shape index (κ2) is 10.6. The first-order chi connectivity index (χ1) is 16.4. The highest BCUT2D eigenvalue weighted by molar-refractivity contribution is 6.30. The number of anilines is 3. The van der Waals surface area contributed by atoms with Gasteiger partial charge in [0.15, 0.2) is 0 Å². The molecule has 1 aromatic heterocycles. The fraction of sp³-hybridized carbons (Fsp3) is 0.269. The summed E-state index contributed by atoms with van der Waals surface area (Å²) in [5, 5.41) is 6.26. The molecule has 0 spiro atoms. The molecule has 2 N–H and O–H groups in total. The van der Waals surface area contributed by atoms with Gasteiger partial charge in [-0.25, -0.2) is 9.78 Å². The zero-order valence-electron chi connectivity index (χ0n) is 19.3. The Morgan fingerprint density at radius 2 is 1.47 bits per heavy atom. The number of nitrogens with zero attached hydrogens (tertiary/aromatic N) is 3. The minimum absolute atomic E-state index is 0.00804. The Bertz CT molecular complexity index is 1120. The molecule has 3 aromatic rings. The van der Waals surface area contributed by atoms with Gasteiger partial charge >= 0.3 is 6.03 Å². The normalized spacial score (nSPS) is 13.6. The van der Waals surface area contributed by atoms with Gasteiger partial charge in [0.2, 0.25) is 0 Å². The second-order valence-corrected chi connectivity index (χ2v) is 8.98. The van der Waals surface area contributed by atoms with E-state index in [0.717, 1.165) is 11.5 Å². The number of rotatable bonds is 5. The number of piperazine rings is 1. The zero-order chi connectivity index (χ0) is 24.1. The SMILES string of the molecule is CC(C)c1ccc(NC(=O)Nc2ccc(N3CCN(C(=O)c4ccc(Cl)cc4)CC3)nc2)cc1. The van der Waals surface area contributed by atoms with Crippen molar-refractivity contribution in [3.05, 3.63) is 83.0 Å². The number of carbonyl (C=O) groups is 2. The van der Waals surface area contributed by atoms with E-state index in [2.05, 4.69) is 34.4 Å². The lowest BCUT2D eigenvalue weighted by Gasteiger charge is -2.35. The van der Waals surface area contributed by atoms with Gasteiger partial charge in [-0.1, -0.05) is 37.6 Å². The number of aromatic nitrogens is 1. The average Bonchev–Trinajstić information content (AvgIpc) is 2.85. The van der Waals surface area contributed by atoms with Crippen LogP contribution in [0, 0.1) is 0 Å². The molecule has 0 unspecified atom stereocenters. The van der Waals surface area contributed by atoms with Gasteiger partial charge in [0.25, 0.3) is 5.91 Å². The molecular weight excluding hydrogens is 450 g/mol. The Hall–Kier alpha value is -3.58. The number of amides is 3. The first kappa shape index (κ1) is 23.6. The highest BCUT2D eigenvalue weighted by Crippen LogP contribution is 2.20. The van der Waals surface area contributed by atoms with E-state index in [4.69, 9.17) is 11.6 Å². The number of nitrogens with one attached hydrogen (secondary N) is 2. The molecule has 0 atom stereocenters. The van der Waals surface area contributed by atoms with Crippen molar-refractivity contribution < 1.29 is 9.59 Å². The molecule has 4 rings (SSSR count). The van der Waals surface area contributed by atoms with Crippen LogP contribution in [0.5, 0.6) is 0 Å². The average molecular weight is 478 g/mol. The Kier molecular flexibility index (Phi) is 7.33. The maximum atomic E-state index is 12.7. The van der Waals surface area contributed by atoms with Crippen LogP contribution in [-0.2, 0) is 0 Å². The molecule has 176 valence electrons. The van der Waals surface area contributed by atoms with Gasteiger partial charge in [0, 0.05) is 42.5 Å². The van der Waals surface area contributed by atoms with Crippen molar-refractivity contribution in [2.24, 2.45) is 0 Å². The number of hydrogen-bond acceptors (Lipinski definition) is 4. The third kappa shape index (κ3) is 5.85. The largest absolute Gasteiger partial charge is 0.353 e. The zero-order valence-corrected chi connectivity index (χ0v) is 20.0. The van der Waals surface area contributed by atoms with E-state index in [-0.39, 0.29) is 11.9 Å². The molecule has 1 aliphatic heterocycles. The lowest BCUT2D eigenvalue weighted by molar-refractivity contribution is 0.0746. The van der Waals surface area contributed by atoms with Crippen LogP contribution in [0.3, 0.4) is 0 Å². The third-order valence-electron chi connectivity index (χ3n) is 5.82. The van der Waals surface area contributed by atoms with Crippen LogP contribution in [0.4, 0.5) is 22.0 Å². The van der Waals surface area contributed by atoms with E-state index in [0.29, 0.717) is 48.4 Å². The van der Waals surface area contributed by atoms with Crippen molar-refractivity contribution in [3.63, 3.8) is 0 Å². The van der Waals surface area contributed by atoms with Crippen LogP contribution < -0.4 is 15.5 Å². The Morgan fingerprint density at radius 3 is 2.06 bits per heavy atom. The predicted octanol–water partition coefficient (Wildman–Crippen LogP) is 5.46. The summed E-state index contributed by atoms with van der Waals surface area (Å²) >= 11 is 5.91. The van der Waals surface area contributed by atoms with Crippen LogP contribution >= 0.6 is 11.6 Å². The maximum Gasteiger partial charge on any atom is 0.323 e.